The Labute approximate surface area is 282 Å². The Balaban J connectivity index is 0.935. The molecule has 0 radical (unpaired) electrons. The van der Waals surface area contributed by atoms with Crippen molar-refractivity contribution >= 4 is 10.9 Å². The molecule has 0 aliphatic rings. The van der Waals surface area contributed by atoms with Crippen LogP contribution < -0.4 is 10.9 Å². The van der Waals surface area contributed by atoms with E-state index in [-0.39, 0.29) is 17.2 Å². The zero-order valence-electron chi connectivity index (χ0n) is 27.8. The molecule has 3 aromatic carbocycles. The fourth-order valence-electron chi connectivity index (χ4n) is 6.26. The Morgan fingerprint density at radius 2 is 1.48 bits per heavy atom. The first-order valence-electron chi connectivity index (χ1n) is 17.1. The van der Waals surface area contributed by atoms with Gasteiger partial charge in [0.05, 0.1) is 24.4 Å². The molecule has 9 nitrogen and oxygen atoms in total. The average Bonchev–Trinajstić information content (AvgIpc) is 3.58. The topological polar surface area (TPSA) is 135 Å². The Hall–Kier alpha value is -4.28. The van der Waals surface area contributed by atoms with Crippen LogP contribution in [0, 0.1) is 0 Å². The van der Waals surface area contributed by atoms with Gasteiger partial charge in [-0.3, -0.25) is 9.69 Å². The van der Waals surface area contributed by atoms with E-state index in [1.165, 1.54) is 44.2 Å². The molecule has 5 aromatic rings. The van der Waals surface area contributed by atoms with E-state index in [1.54, 1.807) is 18.3 Å². The van der Waals surface area contributed by atoms with E-state index < -0.39 is 11.7 Å². The molecule has 0 saturated heterocycles. The summed E-state index contributed by atoms with van der Waals surface area (Å²) in [6, 6.07) is 25.3. The predicted octanol–water partition coefficient (Wildman–Crippen LogP) is 6.38. The molecule has 5 rings (SSSR count). The minimum absolute atomic E-state index is 0.00479. The molecular weight excluding hydrogens is 604 g/mol. The number of aromatic amines is 1. The van der Waals surface area contributed by atoms with Crippen molar-refractivity contribution in [3.05, 3.63) is 130 Å². The second kappa shape index (κ2) is 17.2. The molecule has 5 N–H and O–H groups in total. The van der Waals surface area contributed by atoms with Gasteiger partial charge in [-0.2, -0.15) is 0 Å². The number of benzene rings is 3. The first kappa shape index (κ1) is 35.0. The number of hydrogen-bond donors (Lipinski definition) is 5. The summed E-state index contributed by atoms with van der Waals surface area (Å²) in [7, 11) is 2.09. The van der Waals surface area contributed by atoms with Crippen LogP contribution in [-0.2, 0) is 12.1 Å². The molecule has 0 amide bonds. The molecule has 2 aromatic heterocycles. The summed E-state index contributed by atoms with van der Waals surface area (Å²) in [6.07, 6.45) is 10.4. The fourth-order valence-corrected chi connectivity index (χ4v) is 6.26. The highest BCUT2D eigenvalue weighted by Crippen LogP contribution is 2.36. The third-order valence-corrected chi connectivity index (χ3v) is 8.92. The molecule has 0 saturated carbocycles. The second-order valence-corrected chi connectivity index (χ2v) is 12.6. The van der Waals surface area contributed by atoms with Gasteiger partial charge in [0.2, 0.25) is 11.4 Å². The van der Waals surface area contributed by atoms with Crippen LogP contribution in [0.5, 0.6) is 5.75 Å². The molecule has 9 heteroatoms. The Morgan fingerprint density at radius 3 is 2.15 bits per heavy atom. The molecule has 2 heterocycles. The van der Waals surface area contributed by atoms with Crippen molar-refractivity contribution in [3.63, 3.8) is 0 Å². The first-order chi connectivity index (χ1) is 23.4. The summed E-state index contributed by atoms with van der Waals surface area (Å²) in [5, 5.41) is 36.6. The van der Waals surface area contributed by atoms with Gasteiger partial charge in [0, 0.05) is 18.0 Å². The largest absolute Gasteiger partial charge is 0.506 e. The van der Waals surface area contributed by atoms with Gasteiger partial charge in [-0.1, -0.05) is 105 Å². The number of nitrogens with zero attached hydrogens (tertiary/aromatic N) is 2. The van der Waals surface area contributed by atoms with Gasteiger partial charge < -0.3 is 30.0 Å². The van der Waals surface area contributed by atoms with Gasteiger partial charge in [0.25, 0.3) is 0 Å². The standard InChI is InChI=1S/C39H48N4O5/c1-43(28-31-26-41-38(48-31)39(47,29-16-10-8-11-17-29)30-18-12-9-13-19-30)25-15-7-5-3-2-4-6-14-24-40-27-35(45)32-20-22-34(44)37-33(32)21-23-36(46)42-37/h8-13,16-23,26,35,40,44-45,47H,2-7,14-15,24-25,27-28H2,1H3,(H,42,46)/t35-/m0/s1. The van der Waals surface area contributed by atoms with E-state index in [0.717, 1.165) is 38.1 Å². The van der Waals surface area contributed by atoms with Crippen LogP contribution in [0.2, 0.25) is 0 Å². The number of phenols is 1. The number of aliphatic hydroxyl groups excluding tert-OH is 1. The SMILES string of the molecule is CN(CCCCCCCCCCNC[C@H](O)c1ccc(O)c2[nH]c(=O)ccc12)Cc1cnc(C(O)(c2ccccc2)c2ccccc2)o1. The smallest absolute Gasteiger partial charge is 0.248 e. The highest BCUT2D eigenvalue weighted by molar-refractivity contribution is 5.87. The molecule has 0 aliphatic carbocycles. The summed E-state index contributed by atoms with van der Waals surface area (Å²) < 4.78 is 6.15. The number of unbranched alkanes of at least 4 members (excludes halogenated alkanes) is 7. The van der Waals surface area contributed by atoms with Crippen molar-refractivity contribution < 1.29 is 19.7 Å². The van der Waals surface area contributed by atoms with Crippen LogP contribution in [0.15, 0.2) is 100 Å². The average molecular weight is 653 g/mol. The number of fused-ring (bicyclic) bond motifs is 1. The molecule has 254 valence electrons. The molecule has 1 atom stereocenters. The quantitative estimate of drug-likeness (QED) is 0.0649. The number of oxazole rings is 1. The van der Waals surface area contributed by atoms with Gasteiger partial charge in [0.1, 0.15) is 11.5 Å². The molecule has 48 heavy (non-hydrogen) atoms. The monoisotopic (exact) mass is 652 g/mol. The number of phenolic OH excluding ortho intramolecular Hbond substituents is 1. The molecule has 0 unspecified atom stereocenters. The maximum absolute atomic E-state index is 11.9. The lowest BCUT2D eigenvalue weighted by molar-refractivity contribution is 0.0900. The van der Waals surface area contributed by atoms with E-state index in [2.05, 4.69) is 27.2 Å². The van der Waals surface area contributed by atoms with Crippen LogP contribution in [-0.4, -0.2) is 56.9 Å². The molecule has 0 spiro atoms. The van der Waals surface area contributed by atoms with Crippen molar-refractivity contribution in [1.82, 2.24) is 20.2 Å². The minimum Gasteiger partial charge on any atom is -0.506 e. The number of aromatic hydroxyl groups is 1. The van der Waals surface area contributed by atoms with Gasteiger partial charge in [-0.25, -0.2) is 4.98 Å². The summed E-state index contributed by atoms with van der Waals surface area (Å²) in [4.78, 5) is 21.0. The minimum atomic E-state index is -1.47. The normalized spacial score (nSPS) is 12.6. The summed E-state index contributed by atoms with van der Waals surface area (Å²) in [5.41, 5.74) is 0.707. The number of aromatic nitrogens is 2. The summed E-state index contributed by atoms with van der Waals surface area (Å²) in [6.45, 7) is 2.84. The lowest BCUT2D eigenvalue weighted by Gasteiger charge is -2.26. The van der Waals surface area contributed by atoms with Gasteiger partial charge in [-0.15, -0.1) is 0 Å². The van der Waals surface area contributed by atoms with Crippen LogP contribution in [0.25, 0.3) is 10.9 Å². The highest BCUT2D eigenvalue weighted by atomic mass is 16.4. The number of hydrogen-bond acceptors (Lipinski definition) is 8. The van der Waals surface area contributed by atoms with E-state index in [4.69, 9.17) is 4.42 Å². The maximum atomic E-state index is 11.9. The summed E-state index contributed by atoms with van der Waals surface area (Å²) in [5.74, 6) is 1.00. The molecular formula is C39H48N4O5. The van der Waals surface area contributed by atoms with Crippen molar-refractivity contribution in [2.24, 2.45) is 0 Å². The second-order valence-electron chi connectivity index (χ2n) is 12.6. The van der Waals surface area contributed by atoms with Gasteiger partial charge in [0.15, 0.2) is 5.60 Å². The lowest BCUT2D eigenvalue weighted by atomic mass is 9.86. The van der Waals surface area contributed by atoms with Gasteiger partial charge in [-0.05, 0) is 61.8 Å². The predicted molar refractivity (Wildman–Crippen MR) is 189 cm³/mol. The number of aliphatic hydroxyl groups is 2. The van der Waals surface area contributed by atoms with E-state index in [1.807, 2.05) is 60.7 Å². The highest BCUT2D eigenvalue weighted by Gasteiger charge is 2.38. The zero-order valence-corrected chi connectivity index (χ0v) is 27.8. The molecule has 0 fully saturated rings. The van der Waals surface area contributed by atoms with Crippen LogP contribution in [0.3, 0.4) is 0 Å². The van der Waals surface area contributed by atoms with Crippen LogP contribution in [0.1, 0.15) is 85.8 Å². The first-order valence-corrected chi connectivity index (χ1v) is 17.1. The number of H-pyrrole nitrogens is 1. The number of rotatable bonds is 19. The lowest BCUT2D eigenvalue weighted by Crippen LogP contribution is -2.29. The Morgan fingerprint density at radius 1 is 0.854 bits per heavy atom. The maximum Gasteiger partial charge on any atom is 0.248 e. The van der Waals surface area contributed by atoms with Crippen molar-refractivity contribution in [3.8, 4) is 5.75 Å². The summed E-state index contributed by atoms with van der Waals surface area (Å²) >= 11 is 0. The Kier molecular flexibility index (Phi) is 12.6. The third kappa shape index (κ3) is 8.99. The Bertz CT molecular complexity index is 1720. The van der Waals surface area contributed by atoms with Crippen molar-refractivity contribution in [2.45, 2.75) is 69.6 Å². The zero-order chi connectivity index (χ0) is 33.8. The number of nitrogens with one attached hydrogen (secondary N) is 2. The van der Waals surface area contributed by atoms with E-state index >= 15 is 0 Å². The fraction of sp³-hybridized carbons (Fsp3) is 0.385. The number of pyridine rings is 1. The molecule has 0 bridgehead atoms. The van der Waals surface area contributed by atoms with Gasteiger partial charge >= 0.3 is 0 Å². The van der Waals surface area contributed by atoms with E-state index in [0.29, 0.717) is 40.7 Å². The van der Waals surface area contributed by atoms with Crippen molar-refractivity contribution in [1.29, 1.82) is 0 Å². The third-order valence-electron chi connectivity index (χ3n) is 8.92. The van der Waals surface area contributed by atoms with Crippen molar-refractivity contribution in [2.75, 3.05) is 26.7 Å². The van der Waals surface area contributed by atoms with E-state index in [9.17, 15) is 20.1 Å². The van der Waals surface area contributed by atoms with Crippen LogP contribution in [0.4, 0.5) is 0 Å². The molecule has 0 aliphatic heterocycles. The van der Waals surface area contributed by atoms with Crippen LogP contribution >= 0.6 is 0 Å².